The summed E-state index contributed by atoms with van der Waals surface area (Å²) in [6, 6.07) is 0. The second-order valence-corrected chi connectivity index (χ2v) is 3.49. The highest BCUT2D eigenvalue weighted by Crippen LogP contribution is 2.19. The van der Waals surface area contributed by atoms with E-state index in [9.17, 15) is 0 Å². The zero-order chi connectivity index (χ0) is 11.8. The van der Waals surface area contributed by atoms with Gasteiger partial charge in [-0.25, -0.2) is 9.97 Å². The van der Waals surface area contributed by atoms with Gasteiger partial charge in [-0.1, -0.05) is 6.92 Å². The second-order valence-electron chi connectivity index (χ2n) is 3.49. The molecule has 5 heteroatoms. The van der Waals surface area contributed by atoms with Gasteiger partial charge in [0.15, 0.2) is 0 Å². The van der Waals surface area contributed by atoms with Crippen LogP contribution in [0.25, 0.3) is 0 Å². The van der Waals surface area contributed by atoms with Crippen molar-refractivity contribution in [1.29, 1.82) is 0 Å². The van der Waals surface area contributed by atoms with E-state index in [4.69, 9.17) is 4.74 Å². The number of anilines is 1. The second kappa shape index (κ2) is 7.00. The molecule has 0 saturated carbocycles. The van der Waals surface area contributed by atoms with Crippen LogP contribution in [-0.2, 0) is 0 Å². The largest absolute Gasteiger partial charge is 0.481 e. The van der Waals surface area contributed by atoms with Gasteiger partial charge in [0.1, 0.15) is 12.1 Å². The third-order valence-electron chi connectivity index (χ3n) is 2.30. The van der Waals surface area contributed by atoms with Crippen LogP contribution in [-0.4, -0.2) is 36.7 Å². The lowest BCUT2D eigenvalue weighted by atomic mass is 10.3. The molecule has 16 heavy (non-hydrogen) atoms. The van der Waals surface area contributed by atoms with E-state index in [1.807, 2.05) is 6.92 Å². The first-order chi connectivity index (χ1) is 7.79. The van der Waals surface area contributed by atoms with Crippen molar-refractivity contribution in [2.24, 2.45) is 0 Å². The average Bonchev–Trinajstić information content (AvgIpc) is 2.31. The van der Waals surface area contributed by atoms with Crippen LogP contribution in [0.5, 0.6) is 5.88 Å². The lowest BCUT2D eigenvalue weighted by molar-refractivity contribution is 0.393. The fourth-order valence-corrected chi connectivity index (χ4v) is 1.41. The van der Waals surface area contributed by atoms with E-state index in [1.54, 1.807) is 7.11 Å². The molecule has 0 spiro atoms. The fraction of sp³-hybridized carbons (Fsp3) is 0.636. The van der Waals surface area contributed by atoms with Gasteiger partial charge in [0.05, 0.1) is 12.7 Å². The number of hydrogen-bond donors (Lipinski definition) is 2. The minimum absolute atomic E-state index is 0.629. The minimum atomic E-state index is 0.629. The van der Waals surface area contributed by atoms with E-state index in [1.165, 1.54) is 6.33 Å². The summed E-state index contributed by atoms with van der Waals surface area (Å²) in [6.45, 7) is 6.98. The van der Waals surface area contributed by atoms with Crippen molar-refractivity contribution in [2.45, 2.75) is 20.3 Å². The van der Waals surface area contributed by atoms with Crippen LogP contribution in [0.2, 0.25) is 0 Å². The smallest absolute Gasteiger partial charge is 0.221 e. The zero-order valence-electron chi connectivity index (χ0n) is 10.2. The number of hydrogen-bond acceptors (Lipinski definition) is 5. The molecule has 0 aliphatic carbocycles. The quantitative estimate of drug-likeness (QED) is 0.682. The van der Waals surface area contributed by atoms with Crippen LogP contribution in [0.3, 0.4) is 0 Å². The van der Waals surface area contributed by atoms with E-state index in [0.29, 0.717) is 5.88 Å². The van der Waals surface area contributed by atoms with Gasteiger partial charge in [-0.05, 0) is 26.4 Å². The van der Waals surface area contributed by atoms with Crippen molar-refractivity contribution in [2.75, 3.05) is 32.1 Å². The predicted octanol–water partition coefficient (Wildman–Crippen LogP) is 1.21. The molecule has 0 fully saturated rings. The number of nitrogens with one attached hydrogen (secondary N) is 2. The topological polar surface area (TPSA) is 59.1 Å². The first kappa shape index (κ1) is 12.7. The number of aromatic nitrogens is 2. The molecular weight excluding hydrogens is 204 g/mol. The average molecular weight is 224 g/mol. The summed E-state index contributed by atoms with van der Waals surface area (Å²) >= 11 is 0. The lowest BCUT2D eigenvalue weighted by Crippen LogP contribution is -2.17. The normalized spacial score (nSPS) is 10.2. The molecule has 0 unspecified atom stereocenters. The van der Waals surface area contributed by atoms with E-state index in [-0.39, 0.29) is 0 Å². The van der Waals surface area contributed by atoms with Crippen LogP contribution < -0.4 is 15.4 Å². The summed E-state index contributed by atoms with van der Waals surface area (Å²) in [4.78, 5) is 8.21. The van der Waals surface area contributed by atoms with Gasteiger partial charge in [0.2, 0.25) is 5.88 Å². The summed E-state index contributed by atoms with van der Waals surface area (Å²) in [7, 11) is 1.62. The molecule has 0 radical (unpaired) electrons. The van der Waals surface area contributed by atoms with Crippen LogP contribution in [0, 0.1) is 6.92 Å². The van der Waals surface area contributed by atoms with Crippen LogP contribution >= 0.6 is 0 Å². The first-order valence-corrected chi connectivity index (χ1v) is 5.59. The van der Waals surface area contributed by atoms with Crippen molar-refractivity contribution in [1.82, 2.24) is 15.3 Å². The van der Waals surface area contributed by atoms with Gasteiger partial charge in [-0.15, -0.1) is 0 Å². The summed E-state index contributed by atoms with van der Waals surface area (Å²) in [6.07, 6.45) is 2.58. The Labute approximate surface area is 96.6 Å². The Morgan fingerprint density at radius 3 is 2.81 bits per heavy atom. The predicted molar refractivity (Wildman–Crippen MR) is 65.0 cm³/mol. The van der Waals surface area contributed by atoms with Gasteiger partial charge < -0.3 is 15.4 Å². The molecule has 0 bridgehead atoms. The van der Waals surface area contributed by atoms with Crippen molar-refractivity contribution in [3.05, 3.63) is 11.9 Å². The maximum atomic E-state index is 5.13. The molecule has 1 aromatic rings. The summed E-state index contributed by atoms with van der Waals surface area (Å²) in [5.74, 6) is 1.48. The fourth-order valence-electron chi connectivity index (χ4n) is 1.41. The van der Waals surface area contributed by atoms with Crippen molar-refractivity contribution < 1.29 is 4.74 Å². The summed E-state index contributed by atoms with van der Waals surface area (Å²) < 4.78 is 5.13. The zero-order valence-corrected chi connectivity index (χ0v) is 10.2. The molecule has 5 nitrogen and oxygen atoms in total. The molecule has 1 aromatic heterocycles. The van der Waals surface area contributed by atoms with E-state index in [2.05, 4.69) is 27.5 Å². The van der Waals surface area contributed by atoms with E-state index < -0.39 is 0 Å². The Balaban J connectivity index is 2.41. The minimum Gasteiger partial charge on any atom is -0.481 e. The third-order valence-corrected chi connectivity index (χ3v) is 2.30. The molecular formula is C11H20N4O. The van der Waals surface area contributed by atoms with E-state index in [0.717, 1.165) is 37.4 Å². The summed E-state index contributed by atoms with van der Waals surface area (Å²) in [5.41, 5.74) is 0.952. The maximum Gasteiger partial charge on any atom is 0.221 e. The number of nitrogens with zero attached hydrogens (tertiary/aromatic N) is 2. The van der Waals surface area contributed by atoms with Crippen molar-refractivity contribution in [3.8, 4) is 5.88 Å². The Morgan fingerprint density at radius 2 is 2.12 bits per heavy atom. The number of ether oxygens (including phenoxy) is 1. The Bertz CT molecular complexity index is 317. The van der Waals surface area contributed by atoms with Crippen LogP contribution in [0.15, 0.2) is 6.33 Å². The molecule has 90 valence electrons. The Kier molecular flexibility index (Phi) is 5.56. The molecule has 0 aliphatic heterocycles. The van der Waals surface area contributed by atoms with Crippen molar-refractivity contribution >= 4 is 5.82 Å². The third kappa shape index (κ3) is 3.66. The number of methoxy groups -OCH3 is 1. The van der Waals surface area contributed by atoms with Gasteiger partial charge in [0.25, 0.3) is 0 Å². The molecule has 0 aromatic carbocycles. The SMILES string of the molecule is CCNCCCNc1ncnc(OC)c1C. The van der Waals surface area contributed by atoms with E-state index >= 15 is 0 Å². The lowest BCUT2D eigenvalue weighted by Gasteiger charge is -2.10. The Morgan fingerprint density at radius 1 is 1.31 bits per heavy atom. The maximum absolute atomic E-state index is 5.13. The summed E-state index contributed by atoms with van der Waals surface area (Å²) in [5, 5.41) is 6.55. The molecule has 0 atom stereocenters. The van der Waals surface area contributed by atoms with Gasteiger partial charge in [-0.2, -0.15) is 0 Å². The highest BCUT2D eigenvalue weighted by molar-refractivity contribution is 5.47. The van der Waals surface area contributed by atoms with Gasteiger partial charge >= 0.3 is 0 Å². The molecule has 0 aliphatic rings. The number of rotatable bonds is 7. The van der Waals surface area contributed by atoms with Gasteiger partial charge in [-0.3, -0.25) is 0 Å². The molecule has 1 heterocycles. The first-order valence-electron chi connectivity index (χ1n) is 5.59. The molecule has 0 amide bonds. The van der Waals surface area contributed by atoms with Crippen molar-refractivity contribution in [3.63, 3.8) is 0 Å². The molecule has 2 N–H and O–H groups in total. The highest BCUT2D eigenvalue weighted by Gasteiger charge is 2.05. The molecule has 1 rings (SSSR count). The monoisotopic (exact) mass is 224 g/mol. The van der Waals surface area contributed by atoms with Gasteiger partial charge in [0, 0.05) is 6.54 Å². The van der Waals surface area contributed by atoms with Crippen LogP contribution in [0.4, 0.5) is 5.82 Å². The highest BCUT2D eigenvalue weighted by atomic mass is 16.5. The standard InChI is InChI=1S/C11H20N4O/c1-4-12-6-5-7-13-10-9(2)11(16-3)15-8-14-10/h8,12H,4-7H2,1-3H3,(H,13,14,15). The van der Waals surface area contributed by atoms with Crippen LogP contribution in [0.1, 0.15) is 18.9 Å². The molecule has 0 saturated heterocycles. The Hall–Kier alpha value is -1.36.